The number of aromatic nitrogens is 6. The molecule has 9 nitrogen and oxygen atoms in total. The molecule has 0 aliphatic carbocycles. The highest BCUT2D eigenvalue weighted by molar-refractivity contribution is 5.73. The van der Waals surface area contributed by atoms with Crippen LogP contribution in [0.4, 0.5) is 4.39 Å². The van der Waals surface area contributed by atoms with Gasteiger partial charge < -0.3 is 10.1 Å². The molecule has 5 rings (SSSR count). The first-order valence-electron chi connectivity index (χ1n) is 10.6. The number of carbonyl (C=O) groups excluding carboxylic acids is 1. The Labute approximate surface area is 189 Å². The maximum atomic E-state index is 15.4. The molecular weight excluding hydrogens is 425 g/mol. The van der Waals surface area contributed by atoms with Gasteiger partial charge in [-0.15, -0.1) is 0 Å². The Hall–Kier alpha value is -3.92. The first kappa shape index (κ1) is 21.0. The lowest BCUT2D eigenvalue weighted by atomic mass is 10.0. The molecule has 1 fully saturated rings. The van der Waals surface area contributed by atoms with Crippen molar-refractivity contribution in [3.8, 4) is 39.5 Å². The lowest BCUT2D eigenvalue weighted by Gasteiger charge is -2.22. The van der Waals surface area contributed by atoms with Crippen LogP contribution in [0.2, 0.25) is 0 Å². The van der Waals surface area contributed by atoms with Gasteiger partial charge in [-0.05, 0) is 32.0 Å². The maximum absolute atomic E-state index is 15.4. The van der Waals surface area contributed by atoms with Crippen LogP contribution in [0.3, 0.4) is 0 Å². The van der Waals surface area contributed by atoms with Crippen LogP contribution in [-0.2, 0) is 11.8 Å². The monoisotopic (exact) mass is 447 g/mol. The summed E-state index contributed by atoms with van der Waals surface area (Å²) in [4.78, 5) is 19.9. The highest BCUT2D eigenvalue weighted by Gasteiger charge is 2.20. The number of aryl methyl sites for hydroxylation is 1. The van der Waals surface area contributed by atoms with E-state index < -0.39 is 5.82 Å². The van der Waals surface area contributed by atoms with Crippen molar-refractivity contribution in [2.24, 2.45) is 7.05 Å². The number of nitrogens with one attached hydrogen (secondary N) is 1. The molecule has 0 saturated carbocycles. The second-order valence-corrected chi connectivity index (χ2v) is 7.89. The van der Waals surface area contributed by atoms with Gasteiger partial charge in [-0.2, -0.15) is 15.2 Å². The molecule has 168 valence electrons. The molecule has 1 N–H and O–H groups in total. The lowest BCUT2D eigenvalue weighted by molar-refractivity contribution is -0.120. The van der Waals surface area contributed by atoms with E-state index in [2.05, 4.69) is 25.5 Å². The number of carbonyl (C=O) groups is 1. The fourth-order valence-electron chi connectivity index (χ4n) is 4.07. The molecule has 1 aromatic carbocycles. The zero-order valence-electron chi connectivity index (χ0n) is 18.0. The van der Waals surface area contributed by atoms with Crippen LogP contribution in [0.5, 0.6) is 5.88 Å². The fourth-order valence-corrected chi connectivity index (χ4v) is 4.07. The topological polar surface area (TPSA) is 99.8 Å². The molecule has 1 aliphatic heterocycles. The van der Waals surface area contributed by atoms with Crippen molar-refractivity contribution in [3.63, 3.8) is 0 Å². The molecule has 3 aromatic heterocycles. The van der Waals surface area contributed by atoms with E-state index in [0.29, 0.717) is 29.2 Å². The number of halogens is 1. The van der Waals surface area contributed by atoms with E-state index in [4.69, 9.17) is 4.74 Å². The van der Waals surface area contributed by atoms with Gasteiger partial charge in [0.25, 0.3) is 6.47 Å². The number of piperidine rings is 1. The summed E-state index contributed by atoms with van der Waals surface area (Å²) in [7, 11) is 1.77. The third-order valence-electron chi connectivity index (χ3n) is 5.76. The van der Waals surface area contributed by atoms with Crippen molar-refractivity contribution in [2.45, 2.75) is 18.9 Å². The van der Waals surface area contributed by atoms with Gasteiger partial charge in [0, 0.05) is 42.3 Å². The number of hydrogen-bond acceptors (Lipinski definition) is 7. The van der Waals surface area contributed by atoms with Crippen LogP contribution in [0.1, 0.15) is 18.9 Å². The molecule has 0 radical (unpaired) electrons. The Kier molecular flexibility index (Phi) is 5.66. The van der Waals surface area contributed by atoms with Crippen molar-refractivity contribution in [2.75, 3.05) is 13.1 Å². The smallest absolute Gasteiger partial charge is 0.299 e. The number of benzene rings is 1. The van der Waals surface area contributed by atoms with Crippen LogP contribution in [0.15, 0.2) is 49.2 Å². The molecule has 0 spiro atoms. The summed E-state index contributed by atoms with van der Waals surface area (Å²) in [6, 6.07) is 5.29. The molecule has 4 heterocycles. The van der Waals surface area contributed by atoms with Crippen molar-refractivity contribution in [1.29, 1.82) is 0 Å². The Morgan fingerprint density at radius 1 is 1.06 bits per heavy atom. The third-order valence-corrected chi connectivity index (χ3v) is 5.76. The summed E-state index contributed by atoms with van der Waals surface area (Å²) < 4.78 is 24.0. The van der Waals surface area contributed by atoms with Gasteiger partial charge in [0.2, 0.25) is 5.88 Å². The average molecular weight is 447 g/mol. The van der Waals surface area contributed by atoms with Crippen molar-refractivity contribution >= 4 is 6.47 Å². The second-order valence-electron chi connectivity index (χ2n) is 7.89. The van der Waals surface area contributed by atoms with E-state index in [-0.39, 0.29) is 17.3 Å². The number of ether oxygens (including phenoxy) is 1. The van der Waals surface area contributed by atoms with Crippen LogP contribution in [0, 0.1) is 5.82 Å². The van der Waals surface area contributed by atoms with Crippen LogP contribution in [-0.4, -0.2) is 49.1 Å². The predicted molar refractivity (Wildman–Crippen MR) is 119 cm³/mol. The standard InChI is InChI=1S/C23H22FN7O2/c1-30-12-15(9-27-30)18-3-2-4-19(21(18)24)22-26-11-20(23(29-22)33-14-32)16-10-28-31(13-16)17-5-7-25-8-6-17/h2-4,9-14,17,25H,5-8H2,1H3. The summed E-state index contributed by atoms with van der Waals surface area (Å²) in [6.07, 6.45) is 10.4. The number of nitrogens with zero attached hydrogens (tertiary/aromatic N) is 6. The van der Waals surface area contributed by atoms with Gasteiger partial charge >= 0.3 is 0 Å². The van der Waals surface area contributed by atoms with Crippen LogP contribution >= 0.6 is 0 Å². The number of rotatable bonds is 6. The summed E-state index contributed by atoms with van der Waals surface area (Å²) in [6.45, 7) is 2.19. The van der Waals surface area contributed by atoms with E-state index in [0.717, 1.165) is 31.5 Å². The zero-order valence-corrected chi connectivity index (χ0v) is 18.0. The average Bonchev–Trinajstić information content (AvgIpc) is 3.50. The van der Waals surface area contributed by atoms with Crippen molar-refractivity contribution in [3.05, 3.63) is 55.0 Å². The first-order valence-corrected chi connectivity index (χ1v) is 10.6. The normalized spacial score (nSPS) is 14.4. The van der Waals surface area contributed by atoms with Gasteiger partial charge in [-0.25, -0.2) is 9.37 Å². The van der Waals surface area contributed by atoms with Gasteiger partial charge in [0.15, 0.2) is 5.82 Å². The Morgan fingerprint density at radius 3 is 2.58 bits per heavy atom. The molecular formula is C23H22FN7O2. The summed E-state index contributed by atoms with van der Waals surface area (Å²) >= 11 is 0. The lowest BCUT2D eigenvalue weighted by Crippen LogP contribution is -2.29. The second kappa shape index (κ2) is 8.91. The van der Waals surface area contributed by atoms with E-state index in [1.54, 1.807) is 48.5 Å². The minimum atomic E-state index is -0.478. The molecule has 0 amide bonds. The third kappa shape index (κ3) is 4.12. The summed E-state index contributed by atoms with van der Waals surface area (Å²) in [5.41, 5.74) is 2.46. The SMILES string of the molecule is Cn1cc(-c2cccc(-c3ncc(-c4cnn(C5CCNCC5)c4)c(OC=O)n3)c2F)cn1. The summed E-state index contributed by atoms with van der Waals surface area (Å²) in [5.74, 6) is -0.315. The predicted octanol–water partition coefficient (Wildman–Crippen LogP) is 3.01. The molecule has 1 saturated heterocycles. The van der Waals surface area contributed by atoms with Gasteiger partial charge in [-0.1, -0.05) is 12.1 Å². The Balaban J connectivity index is 1.51. The molecule has 0 unspecified atom stereocenters. The molecule has 0 atom stereocenters. The molecule has 4 aromatic rings. The van der Waals surface area contributed by atoms with Crippen LogP contribution < -0.4 is 10.1 Å². The fraction of sp³-hybridized carbons (Fsp3) is 0.261. The minimum absolute atomic E-state index is 0.0473. The van der Waals surface area contributed by atoms with E-state index in [1.807, 2.05) is 10.9 Å². The van der Waals surface area contributed by atoms with E-state index >= 15 is 4.39 Å². The van der Waals surface area contributed by atoms with Gasteiger partial charge in [-0.3, -0.25) is 14.2 Å². The molecule has 33 heavy (non-hydrogen) atoms. The highest BCUT2D eigenvalue weighted by Crippen LogP contribution is 2.33. The molecule has 10 heteroatoms. The van der Waals surface area contributed by atoms with Gasteiger partial charge in [0.1, 0.15) is 5.82 Å². The highest BCUT2D eigenvalue weighted by atomic mass is 19.1. The molecule has 0 bridgehead atoms. The maximum Gasteiger partial charge on any atom is 0.299 e. The first-order chi connectivity index (χ1) is 16.1. The zero-order chi connectivity index (χ0) is 22.8. The van der Waals surface area contributed by atoms with E-state index in [9.17, 15) is 4.79 Å². The molecule has 1 aliphatic rings. The largest absolute Gasteiger partial charge is 0.409 e. The quantitative estimate of drug-likeness (QED) is 0.454. The van der Waals surface area contributed by atoms with Crippen molar-refractivity contribution in [1.82, 2.24) is 34.8 Å². The van der Waals surface area contributed by atoms with E-state index in [1.165, 1.54) is 6.20 Å². The van der Waals surface area contributed by atoms with Crippen LogP contribution in [0.25, 0.3) is 33.6 Å². The number of hydrogen-bond donors (Lipinski definition) is 1. The summed E-state index contributed by atoms with van der Waals surface area (Å²) in [5, 5.41) is 11.9. The van der Waals surface area contributed by atoms with Crippen molar-refractivity contribution < 1.29 is 13.9 Å². The minimum Gasteiger partial charge on any atom is -0.409 e. The Morgan fingerprint density at radius 2 is 1.82 bits per heavy atom. The Bertz CT molecular complexity index is 1290. The van der Waals surface area contributed by atoms with Gasteiger partial charge in [0.05, 0.1) is 29.6 Å².